The maximum absolute atomic E-state index is 11.4. The van der Waals surface area contributed by atoms with E-state index in [0.717, 1.165) is 11.1 Å². The van der Waals surface area contributed by atoms with Crippen LogP contribution in [0.25, 0.3) is 11.1 Å². The SMILES string of the molecule is CC(=O)c1ccc(-c2ccccc2)cc1C(=O)O. The molecule has 0 aliphatic heterocycles. The smallest absolute Gasteiger partial charge is 0.336 e. The number of hydrogen-bond acceptors (Lipinski definition) is 2. The van der Waals surface area contributed by atoms with Gasteiger partial charge in [0.2, 0.25) is 0 Å². The van der Waals surface area contributed by atoms with Crippen molar-refractivity contribution in [1.29, 1.82) is 0 Å². The number of carbonyl (C=O) groups excluding carboxylic acids is 1. The summed E-state index contributed by atoms with van der Waals surface area (Å²) in [7, 11) is 0. The maximum Gasteiger partial charge on any atom is 0.336 e. The number of carboxylic acid groups (broad SMARTS) is 1. The van der Waals surface area contributed by atoms with Crippen LogP contribution >= 0.6 is 0 Å². The highest BCUT2D eigenvalue weighted by Crippen LogP contribution is 2.22. The van der Waals surface area contributed by atoms with Crippen molar-refractivity contribution >= 4 is 11.8 Å². The molecule has 3 heteroatoms. The van der Waals surface area contributed by atoms with E-state index in [9.17, 15) is 9.59 Å². The second-order valence-electron chi connectivity index (χ2n) is 3.99. The summed E-state index contributed by atoms with van der Waals surface area (Å²) in [5.41, 5.74) is 2.00. The molecule has 18 heavy (non-hydrogen) atoms. The van der Waals surface area contributed by atoms with Gasteiger partial charge in [0.1, 0.15) is 0 Å². The highest BCUT2D eigenvalue weighted by molar-refractivity contribution is 6.05. The molecule has 0 saturated carbocycles. The number of benzene rings is 2. The lowest BCUT2D eigenvalue weighted by Gasteiger charge is -2.06. The molecule has 0 radical (unpaired) electrons. The van der Waals surface area contributed by atoms with Crippen molar-refractivity contribution in [2.24, 2.45) is 0 Å². The first-order chi connectivity index (χ1) is 8.59. The molecule has 0 bridgehead atoms. The van der Waals surface area contributed by atoms with E-state index in [-0.39, 0.29) is 16.9 Å². The van der Waals surface area contributed by atoms with Crippen LogP contribution in [0.3, 0.4) is 0 Å². The van der Waals surface area contributed by atoms with Gasteiger partial charge in [-0.3, -0.25) is 4.79 Å². The Morgan fingerprint density at radius 3 is 2.11 bits per heavy atom. The molecule has 1 N–H and O–H groups in total. The van der Waals surface area contributed by atoms with Crippen molar-refractivity contribution in [2.45, 2.75) is 6.92 Å². The van der Waals surface area contributed by atoms with Crippen molar-refractivity contribution in [1.82, 2.24) is 0 Å². The van der Waals surface area contributed by atoms with Crippen molar-refractivity contribution in [2.75, 3.05) is 0 Å². The van der Waals surface area contributed by atoms with Gasteiger partial charge in [0.05, 0.1) is 5.56 Å². The molecule has 0 aliphatic carbocycles. The summed E-state index contributed by atoms with van der Waals surface area (Å²) >= 11 is 0. The lowest BCUT2D eigenvalue weighted by Crippen LogP contribution is -2.06. The van der Waals surface area contributed by atoms with E-state index in [4.69, 9.17) is 5.11 Å². The Morgan fingerprint density at radius 1 is 0.889 bits per heavy atom. The van der Waals surface area contributed by atoms with Gasteiger partial charge in [0.25, 0.3) is 0 Å². The summed E-state index contributed by atoms with van der Waals surface area (Å²) in [6.07, 6.45) is 0. The lowest BCUT2D eigenvalue weighted by atomic mass is 9.97. The Morgan fingerprint density at radius 2 is 1.56 bits per heavy atom. The monoisotopic (exact) mass is 240 g/mol. The molecule has 90 valence electrons. The van der Waals surface area contributed by atoms with E-state index in [2.05, 4.69) is 0 Å². The summed E-state index contributed by atoms with van der Waals surface area (Å²) in [4.78, 5) is 22.5. The van der Waals surface area contributed by atoms with E-state index >= 15 is 0 Å². The summed E-state index contributed by atoms with van der Waals surface area (Å²) < 4.78 is 0. The highest BCUT2D eigenvalue weighted by atomic mass is 16.4. The quantitative estimate of drug-likeness (QED) is 0.838. The number of carboxylic acids is 1. The molecule has 3 nitrogen and oxygen atoms in total. The van der Waals surface area contributed by atoms with E-state index in [1.54, 1.807) is 12.1 Å². The van der Waals surface area contributed by atoms with Crippen LogP contribution in [-0.2, 0) is 0 Å². The number of rotatable bonds is 3. The van der Waals surface area contributed by atoms with Gasteiger partial charge in [-0.15, -0.1) is 0 Å². The third-order valence-corrected chi connectivity index (χ3v) is 2.74. The van der Waals surface area contributed by atoms with Crippen LogP contribution < -0.4 is 0 Å². The zero-order chi connectivity index (χ0) is 13.1. The molecule has 0 unspecified atom stereocenters. The first-order valence-electron chi connectivity index (χ1n) is 5.53. The van der Waals surface area contributed by atoms with Crippen molar-refractivity contribution in [3.05, 3.63) is 59.7 Å². The number of aromatic carboxylic acids is 1. The van der Waals surface area contributed by atoms with Crippen LogP contribution in [0.2, 0.25) is 0 Å². The van der Waals surface area contributed by atoms with E-state index in [1.165, 1.54) is 13.0 Å². The molecule has 0 heterocycles. The van der Waals surface area contributed by atoms with Crippen LogP contribution in [0.4, 0.5) is 0 Å². The Bertz CT molecular complexity index is 600. The molecular formula is C15H12O3. The molecular weight excluding hydrogens is 228 g/mol. The molecule has 0 spiro atoms. The van der Waals surface area contributed by atoms with Crippen LogP contribution in [0, 0.1) is 0 Å². The predicted molar refractivity (Wildman–Crippen MR) is 68.8 cm³/mol. The molecule has 2 aromatic carbocycles. The second kappa shape index (κ2) is 4.84. The lowest BCUT2D eigenvalue weighted by molar-refractivity contribution is 0.0692. The summed E-state index contributed by atoms with van der Waals surface area (Å²) in [6.45, 7) is 1.37. The van der Waals surface area contributed by atoms with Gasteiger partial charge in [-0.25, -0.2) is 4.79 Å². The fourth-order valence-electron chi connectivity index (χ4n) is 1.84. The number of hydrogen-bond donors (Lipinski definition) is 1. The first-order valence-corrected chi connectivity index (χ1v) is 5.53. The first kappa shape index (κ1) is 12.0. The Balaban J connectivity index is 2.57. The number of Topliss-reactive ketones (excluding diaryl/α,β-unsaturated/α-hetero) is 1. The second-order valence-corrected chi connectivity index (χ2v) is 3.99. The largest absolute Gasteiger partial charge is 0.478 e. The Labute approximate surface area is 105 Å². The fourth-order valence-corrected chi connectivity index (χ4v) is 1.84. The van der Waals surface area contributed by atoms with Crippen LogP contribution in [0.1, 0.15) is 27.6 Å². The fraction of sp³-hybridized carbons (Fsp3) is 0.0667. The topological polar surface area (TPSA) is 54.4 Å². The normalized spacial score (nSPS) is 10.1. The number of ketones is 1. The zero-order valence-corrected chi connectivity index (χ0v) is 9.88. The highest BCUT2D eigenvalue weighted by Gasteiger charge is 2.14. The third-order valence-electron chi connectivity index (χ3n) is 2.74. The minimum absolute atomic E-state index is 0.0452. The van der Waals surface area contributed by atoms with E-state index < -0.39 is 5.97 Å². The summed E-state index contributed by atoms with van der Waals surface area (Å²) in [5.74, 6) is -1.33. The van der Waals surface area contributed by atoms with Crippen LogP contribution in [0.15, 0.2) is 48.5 Å². The molecule has 0 fully saturated rings. The molecule has 0 saturated heterocycles. The molecule has 0 aliphatic rings. The van der Waals surface area contributed by atoms with Gasteiger partial charge in [-0.1, -0.05) is 36.4 Å². The standard InChI is InChI=1S/C15H12O3/c1-10(16)13-8-7-12(9-14(13)15(17)18)11-5-3-2-4-6-11/h2-9H,1H3,(H,17,18). The molecule has 0 atom stereocenters. The van der Waals surface area contributed by atoms with Gasteiger partial charge in [-0.05, 0) is 30.2 Å². The minimum Gasteiger partial charge on any atom is -0.478 e. The average Bonchev–Trinajstić information content (AvgIpc) is 2.39. The molecule has 0 amide bonds. The third kappa shape index (κ3) is 2.30. The summed E-state index contributed by atoms with van der Waals surface area (Å²) in [5, 5.41) is 9.13. The van der Waals surface area contributed by atoms with Gasteiger partial charge < -0.3 is 5.11 Å². The van der Waals surface area contributed by atoms with E-state index in [0.29, 0.717) is 0 Å². The van der Waals surface area contributed by atoms with Gasteiger partial charge in [0.15, 0.2) is 5.78 Å². The molecule has 2 rings (SSSR count). The summed E-state index contributed by atoms with van der Waals surface area (Å²) in [6, 6.07) is 14.3. The van der Waals surface area contributed by atoms with E-state index in [1.807, 2.05) is 30.3 Å². The zero-order valence-electron chi connectivity index (χ0n) is 9.88. The Hall–Kier alpha value is -2.42. The molecule has 2 aromatic rings. The van der Waals surface area contributed by atoms with Crippen LogP contribution in [-0.4, -0.2) is 16.9 Å². The average molecular weight is 240 g/mol. The van der Waals surface area contributed by atoms with Gasteiger partial charge >= 0.3 is 5.97 Å². The maximum atomic E-state index is 11.4. The van der Waals surface area contributed by atoms with Gasteiger partial charge in [-0.2, -0.15) is 0 Å². The van der Waals surface area contributed by atoms with Crippen molar-refractivity contribution in [3.63, 3.8) is 0 Å². The molecule has 0 aromatic heterocycles. The number of carbonyl (C=O) groups is 2. The minimum atomic E-state index is -1.09. The Kier molecular flexibility index (Phi) is 3.24. The van der Waals surface area contributed by atoms with Crippen molar-refractivity contribution < 1.29 is 14.7 Å². The van der Waals surface area contributed by atoms with Gasteiger partial charge in [0, 0.05) is 5.56 Å². The van der Waals surface area contributed by atoms with Crippen molar-refractivity contribution in [3.8, 4) is 11.1 Å². The van der Waals surface area contributed by atoms with Crippen LogP contribution in [0.5, 0.6) is 0 Å². The predicted octanol–water partition coefficient (Wildman–Crippen LogP) is 3.25.